The Bertz CT molecular complexity index is 1240. The Kier molecular flexibility index (Phi) is 4.83. The van der Waals surface area contributed by atoms with Crippen molar-refractivity contribution in [3.8, 4) is 16.9 Å². The fraction of sp³-hybridized carbons (Fsp3) is 0.0455. The van der Waals surface area contributed by atoms with E-state index in [-0.39, 0.29) is 5.91 Å². The lowest BCUT2D eigenvalue weighted by Gasteiger charge is -2.07. The largest absolute Gasteiger partial charge is 0.416 e. The SMILES string of the molecule is C=CC(=O)Nc1cccc(-n2nc(-c3ccc(C(F)(F)F)cc3)c3cccnc32)c1. The quantitative estimate of drug-likeness (QED) is 0.471. The van der Waals surface area contributed by atoms with E-state index in [0.29, 0.717) is 33.7 Å². The predicted octanol–water partition coefficient (Wildman–Crippen LogP) is 5.23. The van der Waals surface area contributed by atoms with Crippen molar-refractivity contribution in [3.63, 3.8) is 0 Å². The van der Waals surface area contributed by atoms with Gasteiger partial charge in [0.1, 0.15) is 5.69 Å². The van der Waals surface area contributed by atoms with Gasteiger partial charge in [-0.1, -0.05) is 24.8 Å². The molecule has 8 heteroatoms. The summed E-state index contributed by atoms with van der Waals surface area (Å²) in [6.07, 6.45) is -1.63. The Morgan fingerprint density at radius 1 is 1.07 bits per heavy atom. The molecule has 2 aromatic carbocycles. The number of anilines is 1. The highest BCUT2D eigenvalue weighted by Crippen LogP contribution is 2.33. The van der Waals surface area contributed by atoms with Gasteiger partial charge in [-0.2, -0.15) is 18.3 Å². The van der Waals surface area contributed by atoms with E-state index in [1.807, 2.05) is 6.07 Å². The van der Waals surface area contributed by atoms with Crippen LogP contribution < -0.4 is 5.32 Å². The first kappa shape index (κ1) is 19.4. The first-order valence-electron chi connectivity index (χ1n) is 8.92. The molecule has 4 aromatic rings. The van der Waals surface area contributed by atoms with E-state index in [0.717, 1.165) is 12.1 Å². The van der Waals surface area contributed by atoms with Gasteiger partial charge in [-0.05, 0) is 48.5 Å². The zero-order valence-electron chi connectivity index (χ0n) is 15.5. The molecule has 0 spiro atoms. The van der Waals surface area contributed by atoms with Crippen molar-refractivity contribution in [1.29, 1.82) is 0 Å². The molecule has 0 aliphatic heterocycles. The Labute approximate surface area is 169 Å². The monoisotopic (exact) mass is 408 g/mol. The summed E-state index contributed by atoms with van der Waals surface area (Å²) >= 11 is 0. The third kappa shape index (κ3) is 3.67. The van der Waals surface area contributed by atoms with Crippen LogP contribution >= 0.6 is 0 Å². The van der Waals surface area contributed by atoms with Gasteiger partial charge in [0.15, 0.2) is 5.65 Å². The highest BCUT2D eigenvalue weighted by Gasteiger charge is 2.30. The van der Waals surface area contributed by atoms with Crippen molar-refractivity contribution in [2.75, 3.05) is 5.32 Å². The number of carbonyl (C=O) groups is 1. The number of nitrogens with one attached hydrogen (secondary N) is 1. The van der Waals surface area contributed by atoms with E-state index in [1.54, 1.807) is 41.2 Å². The fourth-order valence-electron chi connectivity index (χ4n) is 3.07. The van der Waals surface area contributed by atoms with E-state index >= 15 is 0 Å². The average Bonchev–Trinajstić information content (AvgIpc) is 3.13. The van der Waals surface area contributed by atoms with E-state index < -0.39 is 11.7 Å². The molecule has 0 aliphatic rings. The zero-order valence-corrected chi connectivity index (χ0v) is 15.5. The third-order valence-corrected chi connectivity index (χ3v) is 4.47. The van der Waals surface area contributed by atoms with Gasteiger partial charge >= 0.3 is 6.18 Å². The molecular weight excluding hydrogens is 393 g/mol. The average molecular weight is 408 g/mol. The van der Waals surface area contributed by atoms with E-state index in [2.05, 4.69) is 22.0 Å². The first-order chi connectivity index (χ1) is 14.4. The lowest BCUT2D eigenvalue weighted by molar-refractivity contribution is -0.137. The molecule has 5 nitrogen and oxygen atoms in total. The van der Waals surface area contributed by atoms with Gasteiger partial charge in [-0.15, -0.1) is 0 Å². The summed E-state index contributed by atoms with van der Waals surface area (Å²) < 4.78 is 40.3. The van der Waals surface area contributed by atoms with Crippen LogP contribution in [0.15, 0.2) is 79.5 Å². The molecule has 2 aromatic heterocycles. The topological polar surface area (TPSA) is 59.8 Å². The molecule has 0 atom stereocenters. The number of benzene rings is 2. The molecule has 0 saturated carbocycles. The number of halogens is 3. The molecule has 0 radical (unpaired) electrons. The number of amides is 1. The van der Waals surface area contributed by atoms with Crippen LogP contribution in [0.5, 0.6) is 0 Å². The number of aromatic nitrogens is 3. The summed E-state index contributed by atoms with van der Waals surface area (Å²) in [6, 6.07) is 15.4. The number of pyridine rings is 1. The molecule has 0 saturated heterocycles. The lowest BCUT2D eigenvalue weighted by atomic mass is 10.1. The van der Waals surface area contributed by atoms with Crippen LogP contribution in [0, 0.1) is 0 Å². The molecule has 4 rings (SSSR count). The van der Waals surface area contributed by atoms with Crippen molar-refractivity contribution in [2.24, 2.45) is 0 Å². The summed E-state index contributed by atoms with van der Waals surface area (Å²) in [5.41, 5.74) is 2.05. The minimum Gasteiger partial charge on any atom is -0.322 e. The molecule has 0 fully saturated rings. The van der Waals surface area contributed by atoms with Crippen LogP contribution in [0.4, 0.5) is 18.9 Å². The second kappa shape index (κ2) is 7.47. The van der Waals surface area contributed by atoms with Gasteiger partial charge < -0.3 is 5.32 Å². The molecule has 0 aliphatic carbocycles. The first-order valence-corrected chi connectivity index (χ1v) is 8.92. The molecule has 2 heterocycles. The van der Waals surface area contributed by atoms with Gasteiger partial charge in [0.2, 0.25) is 5.91 Å². The zero-order chi connectivity index (χ0) is 21.3. The second-order valence-electron chi connectivity index (χ2n) is 6.45. The highest BCUT2D eigenvalue weighted by molar-refractivity contribution is 5.99. The fourth-order valence-corrected chi connectivity index (χ4v) is 3.07. The van der Waals surface area contributed by atoms with E-state index in [1.165, 1.54) is 18.2 Å². The number of hydrogen-bond donors (Lipinski definition) is 1. The van der Waals surface area contributed by atoms with Gasteiger partial charge in [0, 0.05) is 22.8 Å². The molecule has 1 amide bonds. The van der Waals surface area contributed by atoms with Crippen LogP contribution in [0.2, 0.25) is 0 Å². The molecule has 150 valence electrons. The predicted molar refractivity (Wildman–Crippen MR) is 108 cm³/mol. The maximum absolute atomic E-state index is 12.9. The Balaban J connectivity index is 1.81. The number of alkyl halides is 3. The van der Waals surface area contributed by atoms with Crippen molar-refractivity contribution in [2.45, 2.75) is 6.18 Å². The maximum atomic E-state index is 12.9. The number of rotatable bonds is 4. The van der Waals surface area contributed by atoms with Gasteiger partial charge in [0.25, 0.3) is 0 Å². The summed E-state index contributed by atoms with van der Waals surface area (Å²) in [5.74, 6) is -0.346. The Hall–Kier alpha value is -3.94. The normalized spacial score (nSPS) is 11.4. The van der Waals surface area contributed by atoms with E-state index in [9.17, 15) is 18.0 Å². The van der Waals surface area contributed by atoms with Crippen LogP contribution in [-0.4, -0.2) is 20.7 Å². The lowest BCUT2D eigenvalue weighted by Crippen LogP contribution is -2.08. The number of nitrogens with zero attached hydrogens (tertiary/aromatic N) is 3. The molecular formula is C22H15F3N4O. The van der Waals surface area contributed by atoms with Crippen LogP contribution in [-0.2, 0) is 11.0 Å². The Morgan fingerprint density at radius 2 is 1.83 bits per heavy atom. The second-order valence-corrected chi connectivity index (χ2v) is 6.45. The highest BCUT2D eigenvalue weighted by atomic mass is 19.4. The smallest absolute Gasteiger partial charge is 0.322 e. The van der Waals surface area contributed by atoms with Crippen molar-refractivity contribution >= 4 is 22.6 Å². The van der Waals surface area contributed by atoms with Gasteiger partial charge in [-0.3, -0.25) is 4.79 Å². The van der Waals surface area contributed by atoms with Gasteiger partial charge in [-0.25, -0.2) is 9.67 Å². The minimum absolute atomic E-state index is 0.346. The molecule has 0 bridgehead atoms. The van der Waals surface area contributed by atoms with Crippen molar-refractivity contribution < 1.29 is 18.0 Å². The van der Waals surface area contributed by atoms with Crippen molar-refractivity contribution in [1.82, 2.24) is 14.8 Å². The maximum Gasteiger partial charge on any atom is 0.416 e. The molecule has 30 heavy (non-hydrogen) atoms. The Morgan fingerprint density at radius 3 is 2.53 bits per heavy atom. The number of carbonyl (C=O) groups excluding carboxylic acids is 1. The van der Waals surface area contributed by atoms with Crippen LogP contribution in [0.25, 0.3) is 28.0 Å². The minimum atomic E-state index is -4.40. The number of fused-ring (bicyclic) bond motifs is 1. The summed E-state index contributed by atoms with van der Waals surface area (Å²) in [5, 5.41) is 7.98. The summed E-state index contributed by atoms with van der Waals surface area (Å²) in [6.45, 7) is 3.43. The molecule has 0 unspecified atom stereocenters. The van der Waals surface area contributed by atoms with Crippen LogP contribution in [0.1, 0.15) is 5.56 Å². The third-order valence-electron chi connectivity index (χ3n) is 4.47. The van der Waals surface area contributed by atoms with E-state index in [4.69, 9.17) is 0 Å². The van der Waals surface area contributed by atoms with Gasteiger partial charge in [0.05, 0.1) is 11.3 Å². The number of hydrogen-bond acceptors (Lipinski definition) is 3. The van der Waals surface area contributed by atoms with Crippen molar-refractivity contribution in [3.05, 3.63) is 85.1 Å². The summed E-state index contributed by atoms with van der Waals surface area (Å²) in [4.78, 5) is 16.0. The standard InChI is InChI=1S/C22H15F3N4O/c1-2-19(30)27-16-5-3-6-17(13-16)29-21-18(7-4-12-26-21)20(28-29)14-8-10-15(11-9-14)22(23,24)25/h2-13H,1H2,(H,27,30). The van der Waals surface area contributed by atoms with Crippen LogP contribution in [0.3, 0.4) is 0 Å². The molecule has 1 N–H and O–H groups in total. The summed E-state index contributed by atoms with van der Waals surface area (Å²) in [7, 11) is 0.